The first kappa shape index (κ1) is 14.9. The van der Waals surface area contributed by atoms with Crippen LogP contribution < -0.4 is 4.90 Å². The van der Waals surface area contributed by atoms with Crippen LogP contribution in [0.4, 0.5) is 5.82 Å². The first-order valence-corrected chi connectivity index (χ1v) is 7.91. The van der Waals surface area contributed by atoms with Gasteiger partial charge >= 0.3 is 0 Å². The summed E-state index contributed by atoms with van der Waals surface area (Å²) in [5, 5.41) is 7.27. The molecule has 1 atom stereocenters. The number of piperidine rings is 1. The molecule has 0 amide bonds. The molecular formula is C16H24N6. The molecule has 22 heavy (non-hydrogen) atoms. The average molecular weight is 300 g/mol. The molecular weight excluding hydrogens is 276 g/mol. The average Bonchev–Trinajstić information content (AvgIpc) is 2.93. The second-order valence-electron chi connectivity index (χ2n) is 7.05. The van der Waals surface area contributed by atoms with Gasteiger partial charge in [0.05, 0.1) is 0 Å². The van der Waals surface area contributed by atoms with Crippen LogP contribution in [-0.2, 0) is 5.41 Å². The Morgan fingerprint density at radius 2 is 2.09 bits per heavy atom. The zero-order valence-corrected chi connectivity index (χ0v) is 13.8. The lowest BCUT2D eigenvalue weighted by Gasteiger charge is -2.32. The summed E-state index contributed by atoms with van der Waals surface area (Å²) in [4.78, 5) is 16.0. The zero-order chi connectivity index (χ0) is 15.7. The van der Waals surface area contributed by atoms with Crippen molar-refractivity contribution in [2.45, 2.75) is 51.9 Å². The van der Waals surface area contributed by atoms with Crippen molar-refractivity contribution in [2.24, 2.45) is 0 Å². The number of H-pyrrole nitrogens is 1. The highest BCUT2D eigenvalue weighted by atomic mass is 15.2. The maximum atomic E-state index is 4.77. The van der Waals surface area contributed by atoms with E-state index >= 15 is 0 Å². The Labute approximate surface area is 131 Å². The summed E-state index contributed by atoms with van der Waals surface area (Å²) >= 11 is 0. The van der Waals surface area contributed by atoms with E-state index in [1.807, 2.05) is 19.2 Å². The molecule has 0 saturated carbocycles. The maximum absolute atomic E-state index is 4.77. The van der Waals surface area contributed by atoms with Gasteiger partial charge in [0.25, 0.3) is 0 Å². The minimum absolute atomic E-state index is 0.0357. The van der Waals surface area contributed by atoms with Crippen molar-refractivity contribution in [2.75, 3.05) is 18.0 Å². The first-order valence-electron chi connectivity index (χ1n) is 7.91. The standard InChI is InChI=1S/C16H24N6/c1-11-18-14(21-20-11)12-6-5-9-22(10-12)13-7-8-17-15(19-13)16(2,3)4/h7-8,12H,5-6,9-10H2,1-4H3,(H,18,20,21). The SMILES string of the molecule is Cc1nc(C2CCCN(c3ccnc(C(C)(C)C)n3)C2)n[nH]1. The summed E-state index contributed by atoms with van der Waals surface area (Å²) in [5.74, 6) is 4.07. The number of anilines is 1. The molecule has 3 rings (SSSR count). The quantitative estimate of drug-likeness (QED) is 0.923. The van der Waals surface area contributed by atoms with Crippen LogP contribution in [0.15, 0.2) is 12.3 Å². The molecule has 1 aliphatic heterocycles. The van der Waals surface area contributed by atoms with Crippen molar-refractivity contribution in [1.29, 1.82) is 0 Å². The fourth-order valence-electron chi connectivity index (χ4n) is 2.83. The molecule has 1 unspecified atom stereocenters. The summed E-state index contributed by atoms with van der Waals surface area (Å²) < 4.78 is 0. The number of nitrogens with one attached hydrogen (secondary N) is 1. The molecule has 0 spiro atoms. The van der Waals surface area contributed by atoms with Gasteiger partial charge in [0.15, 0.2) is 5.82 Å². The van der Waals surface area contributed by atoms with E-state index in [4.69, 9.17) is 4.98 Å². The lowest BCUT2D eigenvalue weighted by Crippen LogP contribution is -2.35. The predicted molar refractivity (Wildman–Crippen MR) is 86.0 cm³/mol. The van der Waals surface area contributed by atoms with Gasteiger partial charge in [-0.15, -0.1) is 0 Å². The number of rotatable bonds is 2. The summed E-state index contributed by atoms with van der Waals surface area (Å²) in [6, 6.07) is 2.00. The fraction of sp³-hybridized carbons (Fsp3) is 0.625. The summed E-state index contributed by atoms with van der Waals surface area (Å²) in [7, 11) is 0. The molecule has 2 aromatic heterocycles. The highest BCUT2D eigenvalue weighted by molar-refractivity contribution is 5.39. The van der Waals surface area contributed by atoms with Crippen LogP contribution in [0, 0.1) is 6.92 Å². The van der Waals surface area contributed by atoms with E-state index in [0.29, 0.717) is 5.92 Å². The van der Waals surface area contributed by atoms with Crippen LogP contribution in [0.5, 0.6) is 0 Å². The smallest absolute Gasteiger partial charge is 0.155 e. The number of aromatic nitrogens is 5. The van der Waals surface area contributed by atoms with Crippen LogP contribution in [0.25, 0.3) is 0 Å². The van der Waals surface area contributed by atoms with Crippen molar-refractivity contribution >= 4 is 5.82 Å². The minimum Gasteiger partial charge on any atom is -0.356 e. The van der Waals surface area contributed by atoms with E-state index in [0.717, 1.165) is 49.2 Å². The van der Waals surface area contributed by atoms with E-state index in [9.17, 15) is 0 Å². The van der Waals surface area contributed by atoms with Crippen LogP contribution in [0.1, 0.15) is 57.0 Å². The number of hydrogen-bond donors (Lipinski definition) is 1. The Hall–Kier alpha value is -1.98. The Balaban J connectivity index is 1.80. The molecule has 0 bridgehead atoms. The molecule has 0 radical (unpaired) electrons. The van der Waals surface area contributed by atoms with Gasteiger partial charge < -0.3 is 4.90 Å². The highest BCUT2D eigenvalue weighted by Crippen LogP contribution is 2.28. The van der Waals surface area contributed by atoms with Gasteiger partial charge in [0.2, 0.25) is 0 Å². The zero-order valence-electron chi connectivity index (χ0n) is 13.8. The molecule has 118 valence electrons. The third kappa shape index (κ3) is 3.10. The molecule has 0 aliphatic carbocycles. The van der Waals surface area contributed by atoms with E-state index < -0.39 is 0 Å². The Kier molecular flexibility index (Phi) is 3.85. The second kappa shape index (κ2) is 5.66. The monoisotopic (exact) mass is 300 g/mol. The molecule has 1 N–H and O–H groups in total. The van der Waals surface area contributed by atoms with Crippen molar-refractivity contribution < 1.29 is 0 Å². The summed E-state index contributed by atoms with van der Waals surface area (Å²) in [5.41, 5.74) is -0.0357. The van der Waals surface area contributed by atoms with Gasteiger partial charge in [-0.1, -0.05) is 20.8 Å². The molecule has 6 heteroatoms. The van der Waals surface area contributed by atoms with Gasteiger partial charge in [0, 0.05) is 30.6 Å². The first-order chi connectivity index (χ1) is 10.4. The van der Waals surface area contributed by atoms with E-state index in [1.54, 1.807) is 0 Å². The van der Waals surface area contributed by atoms with Gasteiger partial charge in [-0.3, -0.25) is 5.10 Å². The predicted octanol–water partition coefficient (Wildman–Crippen LogP) is 2.58. The molecule has 0 aromatic carbocycles. The molecule has 1 aliphatic rings. The fourth-order valence-corrected chi connectivity index (χ4v) is 2.83. The minimum atomic E-state index is -0.0357. The van der Waals surface area contributed by atoms with Crippen LogP contribution in [0.3, 0.4) is 0 Å². The van der Waals surface area contributed by atoms with Gasteiger partial charge in [0.1, 0.15) is 17.5 Å². The van der Waals surface area contributed by atoms with Crippen molar-refractivity contribution in [3.8, 4) is 0 Å². The van der Waals surface area contributed by atoms with E-state index in [1.165, 1.54) is 0 Å². The maximum Gasteiger partial charge on any atom is 0.155 e. The third-order valence-electron chi connectivity index (χ3n) is 4.04. The molecule has 1 saturated heterocycles. The Morgan fingerprint density at radius 3 is 2.77 bits per heavy atom. The summed E-state index contributed by atoms with van der Waals surface area (Å²) in [6.45, 7) is 10.3. The molecule has 3 heterocycles. The van der Waals surface area contributed by atoms with Crippen molar-refractivity contribution in [1.82, 2.24) is 25.1 Å². The van der Waals surface area contributed by atoms with Crippen LogP contribution in [0.2, 0.25) is 0 Å². The lowest BCUT2D eigenvalue weighted by molar-refractivity contribution is 0.485. The van der Waals surface area contributed by atoms with E-state index in [-0.39, 0.29) is 5.41 Å². The lowest BCUT2D eigenvalue weighted by atomic mass is 9.95. The Morgan fingerprint density at radius 1 is 1.27 bits per heavy atom. The molecule has 1 fully saturated rings. The largest absolute Gasteiger partial charge is 0.356 e. The number of aromatic amines is 1. The Bertz CT molecular complexity index is 642. The number of aryl methyl sites for hydroxylation is 1. The van der Waals surface area contributed by atoms with Gasteiger partial charge in [-0.25, -0.2) is 15.0 Å². The highest BCUT2D eigenvalue weighted by Gasteiger charge is 2.26. The number of hydrogen-bond acceptors (Lipinski definition) is 5. The third-order valence-corrected chi connectivity index (χ3v) is 4.04. The van der Waals surface area contributed by atoms with Crippen molar-refractivity contribution in [3.63, 3.8) is 0 Å². The second-order valence-corrected chi connectivity index (χ2v) is 7.05. The van der Waals surface area contributed by atoms with Crippen LogP contribution in [-0.4, -0.2) is 38.2 Å². The van der Waals surface area contributed by atoms with Crippen molar-refractivity contribution in [3.05, 3.63) is 29.7 Å². The van der Waals surface area contributed by atoms with Crippen LogP contribution >= 0.6 is 0 Å². The topological polar surface area (TPSA) is 70.6 Å². The molecule has 6 nitrogen and oxygen atoms in total. The normalized spacial score (nSPS) is 19.5. The molecule has 2 aromatic rings. The number of nitrogens with zero attached hydrogens (tertiary/aromatic N) is 5. The van der Waals surface area contributed by atoms with Gasteiger partial charge in [-0.05, 0) is 25.8 Å². The van der Waals surface area contributed by atoms with Gasteiger partial charge in [-0.2, -0.15) is 5.10 Å². The summed E-state index contributed by atoms with van der Waals surface area (Å²) in [6.07, 6.45) is 4.13. The van der Waals surface area contributed by atoms with E-state index in [2.05, 4.69) is 45.8 Å².